The Morgan fingerprint density at radius 1 is 1.26 bits per heavy atom. The average Bonchev–Trinajstić information content (AvgIpc) is 2.71. The number of rotatable bonds is 4. The Morgan fingerprint density at radius 3 is 2.42 bits per heavy atom. The Bertz CT molecular complexity index is 400. The second-order valence-electron chi connectivity index (χ2n) is 6.49. The summed E-state index contributed by atoms with van der Waals surface area (Å²) in [5.41, 5.74) is 7.47. The summed E-state index contributed by atoms with van der Waals surface area (Å²) in [6.07, 6.45) is 0. The molecule has 2 rings (SSSR count). The third-order valence-electron chi connectivity index (χ3n) is 4.30. The van der Waals surface area contributed by atoms with Crippen LogP contribution in [0, 0.1) is 5.92 Å². The minimum Gasteiger partial charge on any atom is -0.321 e. The van der Waals surface area contributed by atoms with Crippen LogP contribution >= 0.6 is 0 Å². The Labute approximate surface area is 117 Å². The molecule has 1 aliphatic rings. The van der Waals surface area contributed by atoms with Crippen LogP contribution in [0.5, 0.6) is 0 Å². The lowest BCUT2D eigenvalue weighted by Crippen LogP contribution is -2.45. The summed E-state index contributed by atoms with van der Waals surface area (Å²) in [5.74, 6) is 0.710. The zero-order valence-corrected chi connectivity index (χ0v) is 12.6. The van der Waals surface area contributed by atoms with Crippen LogP contribution in [0.3, 0.4) is 0 Å². The van der Waals surface area contributed by atoms with Gasteiger partial charge in [0.2, 0.25) is 0 Å². The molecule has 0 amide bonds. The van der Waals surface area contributed by atoms with E-state index in [0.717, 1.165) is 19.6 Å². The molecule has 1 aromatic rings. The van der Waals surface area contributed by atoms with Crippen LogP contribution in [0.1, 0.15) is 19.4 Å². The third-order valence-corrected chi connectivity index (χ3v) is 4.30. The Kier molecular flexibility index (Phi) is 4.29. The van der Waals surface area contributed by atoms with Crippen LogP contribution in [-0.2, 0) is 5.54 Å². The monoisotopic (exact) mass is 261 g/mol. The van der Waals surface area contributed by atoms with E-state index in [1.807, 2.05) is 6.07 Å². The van der Waals surface area contributed by atoms with Crippen molar-refractivity contribution in [3.63, 3.8) is 0 Å². The summed E-state index contributed by atoms with van der Waals surface area (Å²) >= 11 is 0. The lowest BCUT2D eigenvalue weighted by atomic mass is 9.93. The van der Waals surface area contributed by atoms with Crippen molar-refractivity contribution < 1.29 is 0 Å². The summed E-state index contributed by atoms with van der Waals surface area (Å²) < 4.78 is 0. The van der Waals surface area contributed by atoms with Crippen molar-refractivity contribution in [2.24, 2.45) is 11.7 Å². The van der Waals surface area contributed by atoms with E-state index in [1.54, 1.807) is 0 Å². The molecule has 106 valence electrons. The van der Waals surface area contributed by atoms with Crippen molar-refractivity contribution in [1.82, 2.24) is 9.80 Å². The molecule has 0 saturated carbocycles. The van der Waals surface area contributed by atoms with E-state index in [-0.39, 0.29) is 5.54 Å². The minimum atomic E-state index is -0.276. The first-order valence-electron chi connectivity index (χ1n) is 7.13. The lowest BCUT2D eigenvalue weighted by molar-refractivity contribution is 0.229. The van der Waals surface area contributed by atoms with Crippen LogP contribution < -0.4 is 5.73 Å². The number of nitrogens with zero attached hydrogens (tertiary/aromatic N) is 2. The normalized spacial score (nSPS) is 27.7. The van der Waals surface area contributed by atoms with E-state index < -0.39 is 0 Å². The van der Waals surface area contributed by atoms with Crippen molar-refractivity contribution in [3.8, 4) is 0 Å². The van der Waals surface area contributed by atoms with Gasteiger partial charge in [0.1, 0.15) is 0 Å². The van der Waals surface area contributed by atoms with E-state index in [1.165, 1.54) is 5.56 Å². The quantitative estimate of drug-likeness (QED) is 0.896. The molecule has 1 saturated heterocycles. The second kappa shape index (κ2) is 5.61. The predicted molar refractivity (Wildman–Crippen MR) is 81.1 cm³/mol. The van der Waals surface area contributed by atoms with Crippen molar-refractivity contribution >= 4 is 0 Å². The van der Waals surface area contributed by atoms with Crippen molar-refractivity contribution in [3.05, 3.63) is 35.9 Å². The van der Waals surface area contributed by atoms with Crippen LogP contribution in [0.25, 0.3) is 0 Å². The molecule has 2 N–H and O–H groups in total. The van der Waals surface area contributed by atoms with E-state index in [9.17, 15) is 0 Å². The first-order valence-corrected chi connectivity index (χ1v) is 7.13. The van der Waals surface area contributed by atoms with E-state index in [0.29, 0.717) is 12.0 Å². The molecule has 1 heterocycles. The molecule has 0 aromatic heterocycles. The fourth-order valence-corrected chi connectivity index (χ4v) is 3.22. The summed E-state index contributed by atoms with van der Waals surface area (Å²) in [6.45, 7) is 7.65. The van der Waals surface area contributed by atoms with Crippen molar-refractivity contribution in [2.45, 2.75) is 25.4 Å². The maximum absolute atomic E-state index is 6.53. The van der Waals surface area contributed by atoms with Gasteiger partial charge in [-0.05, 0) is 32.5 Å². The fourth-order valence-electron chi connectivity index (χ4n) is 3.22. The maximum atomic E-state index is 6.53. The summed E-state index contributed by atoms with van der Waals surface area (Å²) in [5, 5.41) is 0. The van der Waals surface area contributed by atoms with Gasteiger partial charge in [-0.15, -0.1) is 0 Å². The van der Waals surface area contributed by atoms with Gasteiger partial charge >= 0.3 is 0 Å². The highest BCUT2D eigenvalue weighted by atomic mass is 15.2. The number of hydrogen-bond acceptors (Lipinski definition) is 3. The number of likely N-dealkylation sites (N-methyl/N-ethyl adjacent to an activating group) is 1. The van der Waals surface area contributed by atoms with Gasteiger partial charge in [0.05, 0.1) is 5.54 Å². The largest absolute Gasteiger partial charge is 0.321 e. The molecule has 1 aromatic carbocycles. The summed E-state index contributed by atoms with van der Waals surface area (Å²) in [6, 6.07) is 11.1. The molecule has 0 spiro atoms. The number of hydrogen-bond donors (Lipinski definition) is 1. The highest BCUT2D eigenvalue weighted by Crippen LogP contribution is 2.25. The van der Waals surface area contributed by atoms with Gasteiger partial charge in [-0.25, -0.2) is 0 Å². The highest BCUT2D eigenvalue weighted by Gasteiger charge is 2.34. The number of nitrogens with two attached hydrogens (primary N) is 1. The zero-order chi connectivity index (χ0) is 14.0. The molecule has 0 bridgehead atoms. The van der Waals surface area contributed by atoms with Crippen molar-refractivity contribution in [1.29, 1.82) is 0 Å². The van der Waals surface area contributed by atoms with E-state index in [4.69, 9.17) is 5.73 Å². The average molecular weight is 261 g/mol. The molecular formula is C16H27N3. The Morgan fingerprint density at radius 2 is 1.89 bits per heavy atom. The number of benzene rings is 1. The van der Waals surface area contributed by atoms with Crippen LogP contribution in [0.2, 0.25) is 0 Å². The van der Waals surface area contributed by atoms with Gasteiger partial charge in [-0.1, -0.05) is 37.3 Å². The molecule has 3 heteroatoms. The van der Waals surface area contributed by atoms with E-state index >= 15 is 0 Å². The highest BCUT2D eigenvalue weighted by molar-refractivity contribution is 5.23. The van der Waals surface area contributed by atoms with Gasteiger partial charge in [-0.3, -0.25) is 4.90 Å². The molecular weight excluding hydrogens is 234 g/mol. The lowest BCUT2D eigenvalue weighted by Gasteiger charge is -2.31. The molecule has 0 radical (unpaired) electrons. The minimum absolute atomic E-state index is 0.276. The third kappa shape index (κ3) is 3.35. The van der Waals surface area contributed by atoms with Crippen LogP contribution in [0.4, 0.5) is 0 Å². The van der Waals surface area contributed by atoms with Gasteiger partial charge in [0.25, 0.3) is 0 Å². The van der Waals surface area contributed by atoms with Crippen LogP contribution in [0.15, 0.2) is 30.3 Å². The molecule has 3 unspecified atom stereocenters. The Hall–Kier alpha value is -0.900. The number of likely N-dealkylation sites (tertiary alicyclic amines) is 1. The maximum Gasteiger partial charge on any atom is 0.0509 e. The SMILES string of the molecule is CC1CN(CC(C)(N)c2ccccc2)CC1N(C)C. The molecule has 3 atom stereocenters. The van der Waals surface area contributed by atoms with Crippen molar-refractivity contribution in [2.75, 3.05) is 33.7 Å². The first-order chi connectivity index (χ1) is 8.90. The predicted octanol–water partition coefficient (Wildman–Crippen LogP) is 1.74. The summed E-state index contributed by atoms with van der Waals surface area (Å²) in [7, 11) is 4.34. The topological polar surface area (TPSA) is 32.5 Å². The van der Waals surface area contributed by atoms with Gasteiger partial charge in [0.15, 0.2) is 0 Å². The fraction of sp³-hybridized carbons (Fsp3) is 0.625. The van der Waals surface area contributed by atoms with Gasteiger partial charge in [-0.2, -0.15) is 0 Å². The molecule has 0 aliphatic carbocycles. The van der Waals surface area contributed by atoms with Gasteiger partial charge < -0.3 is 10.6 Å². The molecule has 1 fully saturated rings. The van der Waals surface area contributed by atoms with Crippen LogP contribution in [-0.4, -0.2) is 49.6 Å². The molecule has 3 nitrogen and oxygen atoms in total. The van der Waals surface area contributed by atoms with E-state index in [2.05, 4.69) is 62.0 Å². The second-order valence-corrected chi connectivity index (χ2v) is 6.49. The summed E-state index contributed by atoms with van der Waals surface area (Å²) in [4.78, 5) is 4.84. The Balaban J connectivity index is 2.02. The first kappa shape index (κ1) is 14.5. The zero-order valence-electron chi connectivity index (χ0n) is 12.6. The molecule has 1 aliphatic heterocycles. The molecule has 19 heavy (non-hydrogen) atoms. The smallest absolute Gasteiger partial charge is 0.0509 e. The van der Waals surface area contributed by atoms with Gasteiger partial charge in [0, 0.05) is 25.7 Å². The standard InChI is InChI=1S/C16H27N3/c1-13-10-19(11-15(13)18(3)4)12-16(2,17)14-8-6-5-7-9-14/h5-9,13,15H,10-12,17H2,1-4H3.